The highest BCUT2D eigenvalue weighted by molar-refractivity contribution is 14.1. The first-order chi connectivity index (χ1) is 16.9. The van der Waals surface area contributed by atoms with Crippen LogP contribution in [0.4, 0.5) is 0 Å². The molecular weight excluding hydrogens is 559 g/mol. The Kier molecular flexibility index (Phi) is 7.37. The number of nitrogens with one attached hydrogen (secondary N) is 1. The van der Waals surface area contributed by atoms with Crippen molar-refractivity contribution in [1.29, 1.82) is 0 Å². The highest BCUT2D eigenvalue weighted by Crippen LogP contribution is 2.29. The number of esters is 1. The topological polar surface area (TPSA) is 106 Å². The van der Waals surface area contributed by atoms with E-state index in [0.29, 0.717) is 26.0 Å². The van der Waals surface area contributed by atoms with Crippen LogP contribution in [-0.4, -0.2) is 33.0 Å². The Morgan fingerprint density at radius 2 is 1.66 bits per heavy atom. The smallest absolute Gasteiger partial charge is 0.365 e. The van der Waals surface area contributed by atoms with Gasteiger partial charge in [0.2, 0.25) is 0 Å². The van der Waals surface area contributed by atoms with E-state index in [9.17, 15) is 14.7 Å². The van der Waals surface area contributed by atoms with Crippen LogP contribution in [0.1, 0.15) is 27.2 Å². The molecule has 0 fully saturated rings. The first-order valence-electron chi connectivity index (χ1n) is 10.6. The van der Waals surface area contributed by atoms with E-state index in [2.05, 4.69) is 15.6 Å². The van der Waals surface area contributed by atoms with E-state index in [-0.39, 0.29) is 5.69 Å². The van der Waals surface area contributed by atoms with Crippen LogP contribution in [0, 0.1) is 3.57 Å². The number of hydrazone groups is 1. The number of carbonyl (C=O) groups is 2. The maximum absolute atomic E-state index is 13.1. The molecule has 0 saturated carbocycles. The second-order valence-corrected chi connectivity index (χ2v) is 8.77. The zero-order chi connectivity index (χ0) is 24.8. The first kappa shape index (κ1) is 24.3. The molecule has 8 nitrogen and oxygen atoms in total. The Morgan fingerprint density at radius 1 is 1.03 bits per heavy atom. The van der Waals surface area contributed by atoms with Crippen molar-refractivity contribution >= 4 is 40.7 Å². The van der Waals surface area contributed by atoms with Crippen LogP contribution < -0.4 is 10.2 Å². The summed E-state index contributed by atoms with van der Waals surface area (Å²) in [5.41, 5.74) is 2.12. The van der Waals surface area contributed by atoms with Crippen LogP contribution in [-0.2, 0) is 17.4 Å². The van der Waals surface area contributed by atoms with Gasteiger partial charge >= 0.3 is 5.97 Å². The zero-order valence-electron chi connectivity index (χ0n) is 18.6. The van der Waals surface area contributed by atoms with Gasteiger partial charge in [0.15, 0.2) is 11.3 Å². The minimum atomic E-state index is -1.93. The van der Waals surface area contributed by atoms with Crippen LogP contribution in [0.3, 0.4) is 0 Å². The fourth-order valence-corrected chi connectivity index (χ4v) is 4.18. The van der Waals surface area contributed by atoms with Gasteiger partial charge in [-0.05, 0) is 51.4 Å². The Morgan fingerprint density at radius 3 is 2.23 bits per heavy atom. The van der Waals surface area contributed by atoms with Crippen molar-refractivity contribution < 1.29 is 19.4 Å². The number of hydrogen-bond acceptors (Lipinski definition) is 6. The molecule has 176 valence electrons. The van der Waals surface area contributed by atoms with Gasteiger partial charge in [-0.3, -0.25) is 9.48 Å². The number of ether oxygens (including phenoxy) is 1. The molecule has 2 N–H and O–H groups in total. The molecule has 35 heavy (non-hydrogen) atoms. The molecular formula is C26H21IN4O4. The fraction of sp³-hybridized carbons (Fsp3) is 0.0769. The maximum Gasteiger partial charge on any atom is 0.365 e. The number of benzene rings is 3. The largest absolute Gasteiger partial charge is 0.422 e. The summed E-state index contributed by atoms with van der Waals surface area (Å²) in [7, 11) is 1.72. The standard InChI is InChI=1S/C26H21IN4O4/c1-31-17-22(27)23(30-31)24(32)35-21-14-8-9-18(15-21)16-28-29-25(33)26(34,19-10-4-2-5-11-19)20-12-6-3-7-13-20/h2-17,34H,1H3,(H,29,33)/b28-16+. The molecule has 9 heteroatoms. The molecule has 3 aromatic carbocycles. The summed E-state index contributed by atoms with van der Waals surface area (Å²) in [5, 5.41) is 19.6. The molecule has 1 aromatic heterocycles. The van der Waals surface area contributed by atoms with Crippen molar-refractivity contribution in [3.63, 3.8) is 0 Å². The van der Waals surface area contributed by atoms with Gasteiger partial charge < -0.3 is 9.84 Å². The summed E-state index contributed by atoms with van der Waals surface area (Å²) < 4.78 is 7.64. The SMILES string of the molecule is Cn1cc(I)c(C(=O)Oc2cccc(/C=N/NC(=O)C(O)(c3ccccc3)c3ccccc3)c2)n1. The molecule has 0 unspecified atom stereocenters. The molecule has 0 atom stereocenters. The van der Waals surface area contributed by atoms with Crippen molar-refractivity contribution in [3.8, 4) is 5.75 Å². The Labute approximate surface area is 215 Å². The molecule has 0 saturated heterocycles. The van der Waals surface area contributed by atoms with Crippen molar-refractivity contribution in [2.24, 2.45) is 12.1 Å². The van der Waals surface area contributed by atoms with E-state index in [1.165, 1.54) is 10.9 Å². The monoisotopic (exact) mass is 580 g/mol. The average Bonchev–Trinajstić information content (AvgIpc) is 3.22. The normalized spacial score (nSPS) is 11.4. The molecule has 0 aliphatic heterocycles. The number of halogens is 1. The lowest BCUT2D eigenvalue weighted by molar-refractivity contribution is -0.136. The molecule has 1 heterocycles. The van der Waals surface area contributed by atoms with Crippen molar-refractivity contribution in [2.75, 3.05) is 0 Å². The van der Waals surface area contributed by atoms with Gasteiger partial charge in [-0.15, -0.1) is 0 Å². The lowest BCUT2D eigenvalue weighted by Crippen LogP contribution is -2.43. The summed E-state index contributed by atoms with van der Waals surface area (Å²) >= 11 is 2.02. The predicted octanol–water partition coefficient (Wildman–Crippen LogP) is 3.63. The minimum Gasteiger partial charge on any atom is -0.422 e. The number of aromatic nitrogens is 2. The molecule has 0 bridgehead atoms. The fourth-order valence-electron chi connectivity index (χ4n) is 3.45. The number of carbonyl (C=O) groups excluding carboxylic acids is 2. The molecule has 1 amide bonds. The molecule has 4 aromatic rings. The van der Waals surface area contributed by atoms with Crippen LogP contribution in [0.2, 0.25) is 0 Å². The van der Waals surface area contributed by atoms with Crippen LogP contribution in [0.15, 0.2) is 96.2 Å². The van der Waals surface area contributed by atoms with E-state index in [0.717, 1.165) is 0 Å². The van der Waals surface area contributed by atoms with Gasteiger partial charge in [-0.25, -0.2) is 10.2 Å². The van der Waals surface area contributed by atoms with Gasteiger partial charge in [0.25, 0.3) is 5.91 Å². The van der Waals surface area contributed by atoms with Gasteiger partial charge in [0.1, 0.15) is 5.75 Å². The number of nitrogens with zero attached hydrogens (tertiary/aromatic N) is 3. The van der Waals surface area contributed by atoms with Crippen LogP contribution in [0.25, 0.3) is 0 Å². The first-order valence-corrected chi connectivity index (χ1v) is 11.6. The molecule has 0 aliphatic carbocycles. The summed E-state index contributed by atoms with van der Waals surface area (Å²) in [6.07, 6.45) is 3.12. The molecule has 0 spiro atoms. The Balaban J connectivity index is 1.50. The van der Waals surface area contributed by atoms with Gasteiger partial charge in [0, 0.05) is 13.2 Å². The van der Waals surface area contributed by atoms with E-state index in [4.69, 9.17) is 4.74 Å². The number of hydrogen-bond donors (Lipinski definition) is 2. The quantitative estimate of drug-likeness (QED) is 0.114. The summed E-state index contributed by atoms with van der Waals surface area (Å²) in [4.78, 5) is 25.5. The Bertz CT molecular complexity index is 1330. The van der Waals surface area contributed by atoms with Gasteiger partial charge in [-0.1, -0.05) is 72.8 Å². The Hall–Kier alpha value is -3.83. The number of amides is 1. The number of rotatable bonds is 7. The number of aliphatic hydroxyl groups is 1. The number of aryl methyl sites for hydroxylation is 1. The zero-order valence-corrected chi connectivity index (χ0v) is 20.8. The van der Waals surface area contributed by atoms with Crippen LogP contribution >= 0.6 is 22.6 Å². The summed E-state index contributed by atoms with van der Waals surface area (Å²) in [5.74, 6) is -0.983. The second kappa shape index (κ2) is 10.6. The van der Waals surface area contributed by atoms with E-state index in [1.54, 1.807) is 98.2 Å². The van der Waals surface area contributed by atoms with Gasteiger partial charge in [-0.2, -0.15) is 10.2 Å². The second-order valence-electron chi connectivity index (χ2n) is 7.60. The lowest BCUT2D eigenvalue weighted by atomic mass is 9.85. The van der Waals surface area contributed by atoms with E-state index < -0.39 is 17.5 Å². The van der Waals surface area contributed by atoms with E-state index >= 15 is 0 Å². The van der Waals surface area contributed by atoms with Crippen molar-refractivity contribution in [1.82, 2.24) is 15.2 Å². The van der Waals surface area contributed by atoms with Crippen LogP contribution in [0.5, 0.6) is 5.75 Å². The molecule has 0 aliphatic rings. The maximum atomic E-state index is 13.1. The third-order valence-corrected chi connectivity index (χ3v) is 5.93. The van der Waals surface area contributed by atoms with Crippen molar-refractivity contribution in [2.45, 2.75) is 5.60 Å². The average molecular weight is 580 g/mol. The third-order valence-electron chi connectivity index (χ3n) is 5.14. The third kappa shape index (κ3) is 5.47. The summed E-state index contributed by atoms with van der Waals surface area (Å²) in [6.45, 7) is 0. The predicted molar refractivity (Wildman–Crippen MR) is 139 cm³/mol. The minimum absolute atomic E-state index is 0.223. The van der Waals surface area contributed by atoms with Crippen molar-refractivity contribution in [3.05, 3.63) is 117 Å². The van der Waals surface area contributed by atoms with E-state index in [1.807, 2.05) is 22.6 Å². The molecule has 4 rings (SSSR count). The highest BCUT2D eigenvalue weighted by atomic mass is 127. The summed E-state index contributed by atoms with van der Waals surface area (Å²) in [6, 6.07) is 24.0. The molecule has 0 radical (unpaired) electrons. The lowest BCUT2D eigenvalue weighted by Gasteiger charge is -2.27. The highest BCUT2D eigenvalue weighted by Gasteiger charge is 2.39. The van der Waals surface area contributed by atoms with Gasteiger partial charge in [0.05, 0.1) is 9.78 Å².